The minimum atomic E-state index is -0.185. The van der Waals surface area contributed by atoms with Crippen molar-refractivity contribution in [3.05, 3.63) is 35.8 Å². The molecule has 0 unspecified atom stereocenters. The Morgan fingerprint density at radius 3 is 2.50 bits per heavy atom. The van der Waals surface area contributed by atoms with E-state index in [9.17, 15) is 4.39 Å². The van der Waals surface area contributed by atoms with Crippen molar-refractivity contribution in [3.63, 3.8) is 0 Å². The molecule has 0 aliphatic heterocycles. The summed E-state index contributed by atoms with van der Waals surface area (Å²) in [6.07, 6.45) is 3.08. The summed E-state index contributed by atoms with van der Waals surface area (Å²) in [5.74, 6) is -0.185. The van der Waals surface area contributed by atoms with Gasteiger partial charge in [0.1, 0.15) is 5.82 Å². The molecule has 1 heterocycles. The summed E-state index contributed by atoms with van der Waals surface area (Å²) >= 11 is 0. The molecule has 2 nitrogen and oxygen atoms in total. The van der Waals surface area contributed by atoms with Gasteiger partial charge in [-0.2, -0.15) is 0 Å². The maximum atomic E-state index is 13.0. The van der Waals surface area contributed by atoms with Crippen molar-refractivity contribution in [3.8, 4) is 0 Å². The molecule has 0 saturated heterocycles. The average Bonchev–Trinajstić information content (AvgIpc) is 2.74. The Labute approximate surface area is 109 Å². The number of H-pyrrole nitrogens is 1. The predicted octanol–water partition coefficient (Wildman–Crippen LogP) is 3.96. The Morgan fingerprint density at radius 2 is 2.00 bits per heavy atom. The summed E-state index contributed by atoms with van der Waals surface area (Å²) in [5, 5.41) is 0.963. The maximum absolute atomic E-state index is 13.0. The van der Waals surface area contributed by atoms with E-state index in [1.54, 1.807) is 6.07 Å². The first-order valence-corrected chi connectivity index (χ1v) is 6.50. The minimum Gasteiger partial charge on any atom is -0.359 e. The molecule has 0 fully saturated rings. The Morgan fingerprint density at radius 1 is 1.28 bits per heavy atom. The van der Waals surface area contributed by atoms with Gasteiger partial charge in [0.2, 0.25) is 0 Å². The molecular formula is C15H23FN2. The minimum absolute atomic E-state index is 0.185. The lowest BCUT2D eigenvalue weighted by atomic mass is 10.2. The van der Waals surface area contributed by atoms with E-state index in [4.69, 9.17) is 0 Å². The Hall–Kier alpha value is -1.35. The van der Waals surface area contributed by atoms with Crippen LogP contribution < -0.4 is 0 Å². The number of benzene rings is 1. The fourth-order valence-electron chi connectivity index (χ4n) is 1.80. The molecule has 18 heavy (non-hydrogen) atoms. The van der Waals surface area contributed by atoms with Gasteiger partial charge in [0.25, 0.3) is 0 Å². The highest BCUT2D eigenvalue weighted by Crippen LogP contribution is 2.19. The van der Waals surface area contributed by atoms with Gasteiger partial charge in [0.15, 0.2) is 0 Å². The molecule has 0 aliphatic carbocycles. The lowest BCUT2D eigenvalue weighted by Crippen LogP contribution is -2.17. The number of rotatable bonds is 3. The number of para-hydroxylation sites is 1. The molecule has 1 aromatic carbocycles. The molecule has 1 aromatic heterocycles. The van der Waals surface area contributed by atoms with Crippen molar-refractivity contribution < 1.29 is 4.39 Å². The van der Waals surface area contributed by atoms with Gasteiger partial charge in [-0.3, -0.25) is 0 Å². The normalized spacial score (nSPS) is 10.6. The molecule has 0 aliphatic rings. The monoisotopic (exact) mass is 250 g/mol. The number of aromatic nitrogens is 1. The molecule has 3 heteroatoms. The van der Waals surface area contributed by atoms with Crippen molar-refractivity contribution in [2.24, 2.45) is 0 Å². The summed E-state index contributed by atoms with van der Waals surface area (Å²) < 4.78 is 13.0. The zero-order valence-corrected chi connectivity index (χ0v) is 11.8. The lowest BCUT2D eigenvalue weighted by Gasteiger charge is -2.10. The quantitative estimate of drug-likeness (QED) is 0.873. The van der Waals surface area contributed by atoms with Crippen LogP contribution in [0.1, 0.15) is 25.8 Å². The zero-order chi connectivity index (χ0) is 13.5. The van der Waals surface area contributed by atoms with Crippen molar-refractivity contribution in [2.45, 2.75) is 27.2 Å². The third kappa shape index (κ3) is 3.84. The third-order valence-corrected chi connectivity index (χ3v) is 3.02. The summed E-state index contributed by atoms with van der Waals surface area (Å²) in [6, 6.07) is 5.08. The van der Waals surface area contributed by atoms with Crippen LogP contribution in [0, 0.1) is 12.7 Å². The molecule has 0 spiro atoms. The lowest BCUT2D eigenvalue weighted by molar-refractivity contribution is 0.353. The van der Waals surface area contributed by atoms with E-state index in [-0.39, 0.29) is 5.82 Å². The van der Waals surface area contributed by atoms with Crippen LogP contribution in [0.15, 0.2) is 24.4 Å². The molecule has 2 aromatic rings. The Bertz CT molecular complexity index is 476. The van der Waals surface area contributed by atoms with Crippen LogP contribution in [0.5, 0.6) is 0 Å². The van der Waals surface area contributed by atoms with E-state index < -0.39 is 0 Å². The van der Waals surface area contributed by atoms with Crippen LogP contribution in [0.4, 0.5) is 4.39 Å². The fourth-order valence-corrected chi connectivity index (χ4v) is 1.80. The van der Waals surface area contributed by atoms with Crippen molar-refractivity contribution >= 4 is 10.9 Å². The summed E-state index contributed by atoms with van der Waals surface area (Å²) in [5.41, 5.74) is 1.68. The Kier molecular flexibility index (Phi) is 5.86. The van der Waals surface area contributed by atoms with Crippen LogP contribution in [0.25, 0.3) is 10.9 Å². The molecule has 0 saturated carbocycles. The van der Waals surface area contributed by atoms with E-state index in [0.717, 1.165) is 10.9 Å². The van der Waals surface area contributed by atoms with E-state index in [2.05, 4.69) is 30.8 Å². The smallest absolute Gasteiger partial charge is 0.147 e. The van der Waals surface area contributed by atoms with Crippen molar-refractivity contribution in [1.82, 2.24) is 9.88 Å². The van der Waals surface area contributed by atoms with Gasteiger partial charge >= 0.3 is 0 Å². The third-order valence-electron chi connectivity index (χ3n) is 3.02. The number of nitrogens with zero attached hydrogens (tertiary/aromatic N) is 1. The predicted molar refractivity (Wildman–Crippen MR) is 76.5 cm³/mol. The SMILES string of the molecule is CCCN(C)CC.Cc1c[nH]c2c(F)cccc12. The second-order valence-electron chi connectivity index (χ2n) is 4.53. The van der Waals surface area contributed by atoms with Crippen LogP contribution >= 0.6 is 0 Å². The second kappa shape index (κ2) is 7.17. The first-order valence-electron chi connectivity index (χ1n) is 6.50. The summed E-state index contributed by atoms with van der Waals surface area (Å²) in [4.78, 5) is 5.19. The van der Waals surface area contributed by atoms with Gasteiger partial charge in [-0.1, -0.05) is 26.0 Å². The van der Waals surface area contributed by atoms with Crippen molar-refractivity contribution in [2.75, 3.05) is 20.1 Å². The summed E-state index contributed by atoms with van der Waals surface area (Å²) in [6.45, 7) is 8.74. The largest absolute Gasteiger partial charge is 0.359 e. The van der Waals surface area contributed by atoms with Gasteiger partial charge in [0.05, 0.1) is 5.52 Å². The topological polar surface area (TPSA) is 19.0 Å². The number of aromatic amines is 1. The number of hydrogen-bond donors (Lipinski definition) is 1. The number of nitrogens with one attached hydrogen (secondary N) is 1. The highest BCUT2D eigenvalue weighted by atomic mass is 19.1. The highest BCUT2D eigenvalue weighted by Gasteiger charge is 2.02. The molecule has 0 amide bonds. The van der Waals surface area contributed by atoms with E-state index in [1.165, 1.54) is 25.6 Å². The second-order valence-corrected chi connectivity index (χ2v) is 4.53. The maximum Gasteiger partial charge on any atom is 0.147 e. The first kappa shape index (κ1) is 14.7. The fraction of sp³-hybridized carbons (Fsp3) is 0.467. The Balaban J connectivity index is 0.000000203. The van der Waals surface area contributed by atoms with Gasteiger partial charge in [-0.05, 0) is 45.1 Å². The van der Waals surface area contributed by atoms with Crippen LogP contribution in [-0.2, 0) is 0 Å². The van der Waals surface area contributed by atoms with Gasteiger partial charge < -0.3 is 9.88 Å². The molecule has 0 bridgehead atoms. The molecule has 0 atom stereocenters. The number of hydrogen-bond acceptors (Lipinski definition) is 1. The molecule has 1 N–H and O–H groups in total. The van der Waals surface area contributed by atoms with Gasteiger partial charge in [-0.25, -0.2) is 4.39 Å². The van der Waals surface area contributed by atoms with Crippen LogP contribution in [0.2, 0.25) is 0 Å². The standard InChI is InChI=1S/C9H8FN.C6H15N/c1-6-5-11-9-7(6)3-2-4-8(9)10;1-4-6-7(3)5-2/h2-5,11H,1H3;4-6H2,1-3H3. The van der Waals surface area contributed by atoms with E-state index >= 15 is 0 Å². The molecule has 0 radical (unpaired) electrons. The highest BCUT2D eigenvalue weighted by molar-refractivity contribution is 5.83. The average molecular weight is 250 g/mol. The van der Waals surface area contributed by atoms with Crippen LogP contribution in [-0.4, -0.2) is 30.0 Å². The molecule has 100 valence electrons. The number of aryl methyl sites for hydroxylation is 1. The molecular weight excluding hydrogens is 227 g/mol. The van der Waals surface area contributed by atoms with Crippen molar-refractivity contribution in [1.29, 1.82) is 0 Å². The van der Waals surface area contributed by atoms with Crippen LogP contribution in [0.3, 0.4) is 0 Å². The zero-order valence-electron chi connectivity index (χ0n) is 11.8. The summed E-state index contributed by atoms with van der Waals surface area (Å²) in [7, 11) is 2.14. The van der Waals surface area contributed by atoms with E-state index in [1.807, 2.05) is 19.2 Å². The first-order chi connectivity index (χ1) is 8.60. The van der Waals surface area contributed by atoms with Gasteiger partial charge in [-0.15, -0.1) is 0 Å². The number of halogens is 1. The van der Waals surface area contributed by atoms with E-state index in [0.29, 0.717) is 5.52 Å². The number of fused-ring (bicyclic) bond motifs is 1. The molecule has 2 rings (SSSR count). The van der Waals surface area contributed by atoms with Gasteiger partial charge in [0, 0.05) is 11.6 Å².